The third kappa shape index (κ3) is 2.83. The minimum atomic E-state index is -0.00160. The molecule has 0 bridgehead atoms. The van der Waals surface area contributed by atoms with Crippen LogP contribution in [0.4, 0.5) is 0 Å². The van der Waals surface area contributed by atoms with Crippen LogP contribution in [0.25, 0.3) is 0 Å². The number of hydrogen-bond donors (Lipinski definition) is 1. The van der Waals surface area contributed by atoms with E-state index in [1.807, 2.05) is 39.0 Å². The lowest BCUT2D eigenvalue weighted by Crippen LogP contribution is -2.37. The lowest BCUT2D eigenvalue weighted by atomic mass is 10.0. The molecule has 1 aromatic carbocycles. The zero-order valence-electron chi connectivity index (χ0n) is 10.4. The molecule has 0 saturated heterocycles. The largest absolute Gasteiger partial charge is 0.340 e. The van der Waals surface area contributed by atoms with E-state index in [1.165, 1.54) is 0 Å². The summed E-state index contributed by atoms with van der Waals surface area (Å²) < 4.78 is 0. The van der Waals surface area contributed by atoms with Gasteiger partial charge in [-0.15, -0.1) is 0 Å². The van der Waals surface area contributed by atoms with E-state index >= 15 is 0 Å². The van der Waals surface area contributed by atoms with Crippen molar-refractivity contribution in [2.45, 2.75) is 26.8 Å². The summed E-state index contributed by atoms with van der Waals surface area (Å²) in [6.45, 7) is 6.39. The highest BCUT2D eigenvalue weighted by Crippen LogP contribution is 2.15. The number of amides is 1. The van der Waals surface area contributed by atoms with Crippen molar-refractivity contribution in [3.05, 3.63) is 34.9 Å². The van der Waals surface area contributed by atoms with E-state index < -0.39 is 0 Å². The van der Waals surface area contributed by atoms with Crippen molar-refractivity contribution < 1.29 is 4.79 Å². The highest BCUT2D eigenvalue weighted by molar-refractivity contribution is 5.96. The molecule has 1 amide bonds. The molecule has 0 aliphatic rings. The molecule has 1 atom stereocenters. The smallest absolute Gasteiger partial charge is 0.254 e. The van der Waals surface area contributed by atoms with Crippen molar-refractivity contribution in [1.82, 2.24) is 4.90 Å². The molecule has 2 N–H and O–H groups in total. The molecule has 88 valence electrons. The van der Waals surface area contributed by atoms with Crippen LogP contribution in [0.15, 0.2) is 18.2 Å². The van der Waals surface area contributed by atoms with E-state index in [-0.39, 0.29) is 11.9 Å². The van der Waals surface area contributed by atoms with E-state index in [0.29, 0.717) is 6.54 Å². The van der Waals surface area contributed by atoms with Crippen molar-refractivity contribution in [2.75, 3.05) is 13.6 Å². The first kappa shape index (κ1) is 12.7. The van der Waals surface area contributed by atoms with Crippen LogP contribution in [-0.2, 0) is 0 Å². The highest BCUT2D eigenvalue weighted by atomic mass is 16.2. The van der Waals surface area contributed by atoms with Crippen LogP contribution in [0.2, 0.25) is 0 Å². The summed E-state index contributed by atoms with van der Waals surface area (Å²) in [5, 5.41) is 0. The minimum Gasteiger partial charge on any atom is -0.340 e. The van der Waals surface area contributed by atoms with Gasteiger partial charge in [-0.3, -0.25) is 4.79 Å². The summed E-state index contributed by atoms with van der Waals surface area (Å²) >= 11 is 0. The number of benzene rings is 1. The van der Waals surface area contributed by atoms with Crippen LogP contribution < -0.4 is 5.73 Å². The van der Waals surface area contributed by atoms with Gasteiger partial charge in [0.15, 0.2) is 0 Å². The maximum absolute atomic E-state index is 12.2. The van der Waals surface area contributed by atoms with E-state index in [2.05, 4.69) is 0 Å². The third-order valence-electron chi connectivity index (χ3n) is 2.60. The summed E-state index contributed by atoms with van der Waals surface area (Å²) in [4.78, 5) is 13.9. The quantitative estimate of drug-likeness (QED) is 0.843. The second kappa shape index (κ2) is 5.12. The first-order valence-corrected chi connectivity index (χ1v) is 5.50. The molecular formula is C13H20N2O. The minimum absolute atomic E-state index is 0.00160. The molecule has 0 fully saturated rings. The molecule has 3 nitrogen and oxygen atoms in total. The fourth-order valence-corrected chi connectivity index (χ4v) is 1.86. The van der Waals surface area contributed by atoms with E-state index in [1.54, 1.807) is 11.9 Å². The van der Waals surface area contributed by atoms with Crippen molar-refractivity contribution in [2.24, 2.45) is 5.73 Å². The van der Waals surface area contributed by atoms with Gasteiger partial charge in [0.2, 0.25) is 0 Å². The molecule has 1 rings (SSSR count). The number of nitrogens with zero attached hydrogens (tertiary/aromatic N) is 1. The van der Waals surface area contributed by atoms with Gasteiger partial charge in [0.05, 0.1) is 0 Å². The normalized spacial score (nSPS) is 12.3. The molecule has 0 aromatic heterocycles. The van der Waals surface area contributed by atoms with Crippen LogP contribution >= 0.6 is 0 Å². The summed E-state index contributed by atoms with van der Waals surface area (Å²) in [7, 11) is 1.79. The number of likely N-dealkylation sites (N-methyl/N-ethyl adjacent to an activating group) is 1. The first-order valence-electron chi connectivity index (χ1n) is 5.50. The van der Waals surface area contributed by atoms with E-state index in [9.17, 15) is 4.79 Å². The van der Waals surface area contributed by atoms with Crippen molar-refractivity contribution >= 4 is 5.91 Å². The monoisotopic (exact) mass is 220 g/mol. The van der Waals surface area contributed by atoms with Crippen molar-refractivity contribution in [3.63, 3.8) is 0 Å². The Bertz CT molecular complexity index is 365. The second-order valence-electron chi connectivity index (χ2n) is 4.43. The average Bonchev–Trinajstić information content (AvgIpc) is 2.16. The Hall–Kier alpha value is -1.35. The Morgan fingerprint density at radius 2 is 1.88 bits per heavy atom. The maximum atomic E-state index is 12.2. The number of hydrogen-bond acceptors (Lipinski definition) is 2. The summed E-state index contributed by atoms with van der Waals surface area (Å²) in [6.07, 6.45) is 0. The predicted octanol–water partition coefficient (Wildman–Crippen LogP) is 1.72. The van der Waals surface area contributed by atoms with Crippen LogP contribution in [-0.4, -0.2) is 30.4 Å². The molecule has 1 aromatic rings. The van der Waals surface area contributed by atoms with Gasteiger partial charge in [-0.25, -0.2) is 0 Å². The van der Waals surface area contributed by atoms with E-state index in [0.717, 1.165) is 16.7 Å². The van der Waals surface area contributed by atoms with E-state index in [4.69, 9.17) is 5.73 Å². The highest BCUT2D eigenvalue weighted by Gasteiger charge is 2.16. The average molecular weight is 220 g/mol. The molecule has 0 heterocycles. The summed E-state index contributed by atoms with van der Waals surface area (Å²) in [5.74, 6) is 0.0490. The van der Waals surface area contributed by atoms with Crippen LogP contribution in [0.1, 0.15) is 28.4 Å². The molecule has 0 spiro atoms. The predicted molar refractivity (Wildman–Crippen MR) is 66.5 cm³/mol. The maximum Gasteiger partial charge on any atom is 0.254 e. The van der Waals surface area contributed by atoms with Gasteiger partial charge < -0.3 is 10.6 Å². The number of rotatable bonds is 3. The number of carbonyl (C=O) groups is 1. The van der Waals surface area contributed by atoms with Crippen molar-refractivity contribution in [1.29, 1.82) is 0 Å². The SMILES string of the molecule is Cc1cccc(C)c1C(=O)N(C)CC(C)N. The molecule has 1 unspecified atom stereocenters. The lowest BCUT2D eigenvalue weighted by molar-refractivity contribution is 0.0787. The number of aryl methyl sites for hydroxylation is 2. The summed E-state index contributed by atoms with van der Waals surface area (Å²) in [5.41, 5.74) is 8.52. The van der Waals surface area contributed by atoms with Crippen molar-refractivity contribution in [3.8, 4) is 0 Å². The van der Waals surface area contributed by atoms with Crippen LogP contribution in [0.3, 0.4) is 0 Å². The number of carbonyl (C=O) groups excluding carboxylic acids is 1. The Kier molecular flexibility index (Phi) is 4.07. The fraction of sp³-hybridized carbons (Fsp3) is 0.462. The standard InChI is InChI=1S/C13H20N2O/c1-9-6-5-7-10(2)12(9)13(16)15(4)8-11(3)14/h5-7,11H,8,14H2,1-4H3. The first-order chi connectivity index (χ1) is 7.43. The Morgan fingerprint density at radius 1 is 1.38 bits per heavy atom. The van der Waals surface area contributed by atoms with Crippen LogP contribution in [0.5, 0.6) is 0 Å². The third-order valence-corrected chi connectivity index (χ3v) is 2.60. The topological polar surface area (TPSA) is 46.3 Å². The van der Waals surface area contributed by atoms with Gasteiger partial charge in [-0.05, 0) is 31.9 Å². The van der Waals surface area contributed by atoms with Gasteiger partial charge in [0.1, 0.15) is 0 Å². The molecule has 0 aliphatic heterocycles. The van der Waals surface area contributed by atoms with Gasteiger partial charge in [-0.1, -0.05) is 18.2 Å². The molecule has 3 heteroatoms. The van der Waals surface area contributed by atoms with Gasteiger partial charge in [0, 0.05) is 25.2 Å². The summed E-state index contributed by atoms with van der Waals surface area (Å²) in [6, 6.07) is 5.88. The molecular weight excluding hydrogens is 200 g/mol. The zero-order valence-corrected chi connectivity index (χ0v) is 10.4. The van der Waals surface area contributed by atoms with Gasteiger partial charge in [0.25, 0.3) is 5.91 Å². The molecule has 16 heavy (non-hydrogen) atoms. The molecule has 0 aliphatic carbocycles. The Balaban J connectivity index is 2.96. The molecule has 0 saturated carbocycles. The lowest BCUT2D eigenvalue weighted by Gasteiger charge is -2.21. The Morgan fingerprint density at radius 3 is 2.31 bits per heavy atom. The van der Waals surface area contributed by atoms with Crippen LogP contribution in [0, 0.1) is 13.8 Å². The molecule has 0 radical (unpaired) electrons. The fourth-order valence-electron chi connectivity index (χ4n) is 1.86. The zero-order chi connectivity index (χ0) is 12.3. The second-order valence-corrected chi connectivity index (χ2v) is 4.43. The van der Waals surface area contributed by atoms with Gasteiger partial charge >= 0.3 is 0 Å². The Labute approximate surface area is 97.2 Å². The van der Waals surface area contributed by atoms with Gasteiger partial charge in [-0.2, -0.15) is 0 Å². The number of nitrogens with two attached hydrogens (primary N) is 1.